The number of carboxylic acids is 1. The highest BCUT2D eigenvalue weighted by molar-refractivity contribution is 7.85. The number of Topliss-reactive ketones (excluding diaryl/α,β-unsaturated/α-hetero) is 2. The number of pyridine rings is 1. The normalized spacial score (nSPS) is 22.6. The molecule has 4 saturated carbocycles. The maximum Gasteiger partial charge on any atom is 0.409 e. The zero-order chi connectivity index (χ0) is 90.8. The molecule has 5 fully saturated rings. The number of carbonyl (C=O) groups excluding carboxylic acids is 9. The highest BCUT2D eigenvalue weighted by Crippen LogP contribution is 2.72. The Morgan fingerprint density at radius 1 is 0.724 bits per heavy atom. The zero-order valence-electron chi connectivity index (χ0n) is 71.4. The molecule has 6 aromatic rings. The fourth-order valence-electron chi connectivity index (χ4n) is 18.7. The molecule has 6 heterocycles. The number of amides is 7. The average Bonchev–Trinajstić information content (AvgIpc) is 1.11. The molecule has 13 rings (SSSR count). The summed E-state index contributed by atoms with van der Waals surface area (Å²) >= 11 is 1.40. The van der Waals surface area contributed by atoms with Gasteiger partial charge in [-0.15, -0.1) is 0 Å². The number of anilines is 3. The third-order valence-electron chi connectivity index (χ3n) is 23.5. The van der Waals surface area contributed by atoms with Gasteiger partial charge in [0.1, 0.15) is 60.8 Å². The van der Waals surface area contributed by atoms with Crippen LogP contribution in [0.3, 0.4) is 0 Å². The minimum Gasteiger partial charge on any atom is -0.476 e. The number of aromatic carboxylic acids is 1. The molecule has 38 nitrogen and oxygen atoms in total. The number of hydrogen-bond donors (Lipinski definition) is 10. The Balaban J connectivity index is 0.564. The van der Waals surface area contributed by atoms with Crippen LogP contribution in [0.2, 0.25) is 0 Å². The van der Waals surface area contributed by atoms with Crippen molar-refractivity contribution < 1.29 is 129 Å². The van der Waals surface area contributed by atoms with E-state index in [1.165, 1.54) is 46.6 Å². The number of thiazole rings is 1. The Labute approximate surface area is 737 Å². The molecule has 3 aliphatic heterocycles. The van der Waals surface area contributed by atoms with E-state index in [-0.39, 0.29) is 163 Å². The fourth-order valence-corrected chi connectivity index (χ4v) is 20.3. The van der Waals surface area contributed by atoms with Gasteiger partial charge in [0.05, 0.1) is 105 Å². The number of likely N-dealkylation sites (N-methyl/N-ethyl adjacent to an activating group) is 1. The summed E-state index contributed by atoms with van der Waals surface area (Å²) in [5.74, 6) is -7.34. The van der Waals surface area contributed by atoms with Gasteiger partial charge in [0.2, 0.25) is 24.0 Å². The summed E-state index contributed by atoms with van der Waals surface area (Å²) in [6.07, 6.45) is 0.606. The van der Waals surface area contributed by atoms with E-state index < -0.39 is 125 Å². The van der Waals surface area contributed by atoms with Crippen LogP contribution in [0.15, 0.2) is 91.1 Å². The van der Waals surface area contributed by atoms with Gasteiger partial charge in [0, 0.05) is 126 Å². The van der Waals surface area contributed by atoms with Crippen LogP contribution in [-0.4, -0.2) is 288 Å². The maximum atomic E-state index is 13.8. The van der Waals surface area contributed by atoms with Crippen LogP contribution >= 0.6 is 11.3 Å². The number of carbonyl (C=O) groups is 10. The number of aromatic nitrogens is 4. The number of fused-ring (bicyclic) bond motifs is 2. The van der Waals surface area contributed by atoms with Crippen LogP contribution in [0.4, 0.5) is 21.4 Å². The van der Waals surface area contributed by atoms with E-state index in [1.807, 2.05) is 59.0 Å². The molecule has 2 unspecified atom stereocenters. The smallest absolute Gasteiger partial charge is 0.409 e. The van der Waals surface area contributed by atoms with E-state index in [9.17, 15) is 86.4 Å². The highest BCUT2D eigenvalue weighted by Gasteiger charge is 2.66. The lowest BCUT2D eigenvalue weighted by Crippen LogP contribution is -2.64. The molecule has 40 heteroatoms. The van der Waals surface area contributed by atoms with Crippen LogP contribution in [0.25, 0.3) is 21.3 Å². The van der Waals surface area contributed by atoms with Gasteiger partial charge in [-0.25, -0.2) is 19.6 Å². The van der Waals surface area contributed by atoms with Crippen LogP contribution in [0.1, 0.15) is 134 Å². The molecule has 7 aliphatic rings. The highest BCUT2D eigenvalue weighted by atomic mass is 32.2. The third-order valence-corrected chi connectivity index (χ3v) is 25.3. The molecule has 7 amide bonds. The second kappa shape index (κ2) is 43.3. The number of carboxylic acid groups (broad SMARTS) is 1. The molecule has 0 radical (unpaired) electrons. The van der Waals surface area contributed by atoms with Gasteiger partial charge in [-0.3, -0.25) is 57.8 Å². The fraction of sp³-hybridized carbons (Fsp3) is 0.552. The Morgan fingerprint density at radius 2 is 1.44 bits per heavy atom. The minimum atomic E-state index is -4.71. The summed E-state index contributed by atoms with van der Waals surface area (Å²) in [5.41, 5.74) is 4.32. The first-order valence-electron chi connectivity index (χ1n) is 42.4. The maximum absolute atomic E-state index is 13.8. The van der Waals surface area contributed by atoms with Crippen molar-refractivity contribution >= 4 is 107 Å². The zero-order valence-corrected chi connectivity index (χ0v) is 73.0. The van der Waals surface area contributed by atoms with Crippen molar-refractivity contribution in [2.75, 3.05) is 140 Å². The molecule has 8 atom stereocenters. The van der Waals surface area contributed by atoms with Crippen LogP contribution in [-0.2, 0) is 108 Å². The predicted octanol–water partition coefficient (Wildman–Crippen LogP) is 5.12. The quantitative estimate of drug-likeness (QED) is 0.0135. The first-order valence-corrected chi connectivity index (χ1v) is 44.8. The van der Waals surface area contributed by atoms with Crippen molar-refractivity contribution in [2.45, 2.75) is 160 Å². The number of rotatable bonds is 49. The molecule has 4 aliphatic carbocycles. The summed E-state index contributed by atoms with van der Waals surface area (Å²) in [6, 6.07) is 21.3. The van der Waals surface area contributed by atoms with Crippen molar-refractivity contribution in [2.24, 2.45) is 22.2 Å². The number of hydrogen-bond acceptors (Lipinski definition) is 30. The number of nitrogens with one attached hydrogen (secondary N) is 4. The summed E-state index contributed by atoms with van der Waals surface area (Å²) < 4.78 is 87.7. The van der Waals surface area contributed by atoms with Crippen LogP contribution in [0.5, 0.6) is 5.75 Å². The Kier molecular flexibility index (Phi) is 32.7. The predicted molar refractivity (Wildman–Crippen MR) is 457 cm³/mol. The molecular formula is C87H111N11O27S2. The molecular weight excluding hydrogens is 1700 g/mol. The van der Waals surface area contributed by atoms with Gasteiger partial charge in [-0.1, -0.05) is 55.5 Å². The molecule has 127 heavy (non-hydrogen) atoms. The number of aliphatic hydroxyl groups excluding tert-OH is 4. The third kappa shape index (κ3) is 25.9. The lowest BCUT2D eigenvalue weighted by atomic mass is 9.39. The number of nitrogens with zero attached hydrogens (tertiary/aromatic N) is 7. The topological polar surface area (TPSA) is 511 Å². The van der Waals surface area contributed by atoms with E-state index in [0.717, 1.165) is 70.5 Å². The van der Waals surface area contributed by atoms with Gasteiger partial charge in [0.25, 0.3) is 27.8 Å². The van der Waals surface area contributed by atoms with Crippen molar-refractivity contribution in [3.8, 4) is 16.9 Å². The van der Waals surface area contributed by atoms with Gasteiger partial charge >= 0.3 is 12.1 Å². The Hall–Kier alpha value is -10.2. The summed E-state index contributed by atoms with van der Waals surface area (Å²) in [6.45, 7) is 7.68. The van der Waals surface area contributed by atoms with Crippen LogP contribution in [0, 0.1) is 29.1 Å². The van der Waals surface area contributed by atoms with E-state index in [4.69, 9.17) is 52.7 Å². The molecule has 0 spiro atoms. The minimum absolute atomic E-state index is 0.0339. The SMILES string of the molecule is Cc1c(-c2ccc(N3CCc4cccc(C(=O)Nc5nc6ccccc6s5)c4C3)nc2C(=O)O)cnn1CC12CC3(C)CC(C)(C1)CC(OCCN(C)C(=O)OCc1ccc(O[C@@H]4O[C@H](CO)[C@H](O)[C@H](O)[C@H]4O)c(NC(=O)CCNC(=O)COCCNC(=O)[C@H](CC(=O)CCOCCOCCOCCOCCCC(=O)CCN4C(=O)C=CC4=O)CS(=O)(=O)O)c1)(C3)C2. The summed E-state index contributed by atoms with van der Waals surface area (Å²) in [5, 5.41) is 68.6. The van der Waals surface area contributed by atoms with Gasteiger partial charge in [-0.2, -0.15) is 13.5 Å². The number of benzene rings is 3. The summed E-state index contributed by atoms with van der Waals surface area (Å²) in [7, 11) is -3.13. The second-order valence-corrected chi connectivity index (χ2v) is 36.5. The van der Waals surface area contributed by atoms with E-state index in [1.54, 1.807) is 25.4 Å². The molecule has 3 aromatic heterocycles. The number of imide groups is 1. The Morgan fingerprint density at radius 3 is 2.15 bits per heavy atom. The van der Waals surface area contributed by atoms with Crippen molar-refractivity contribution in [1.82, 2.24) is 40.2 Å². The second-order valence-electron chi connectivity index (χ2n) is 34.0. The summed E-state index contributed by atoms with van der Waals surface area (Å²) in [4.78, 5) is 142. The molecule has 1 saturated heterocycles. The van der Waals surface area contributed by atoms with E-state index in [2.05, 4.69) is 40.1 Å². The van der Waals surface area contributed by atoms with E-state index in [0.29, 0.717) is 72.3 Å². The first-order chi connectivity index (χ1) is 60.7. The molecule has 4 bridgehead atoms. The van der Waals surface area contributed by atoms with Crippen molar-refractivity contribution in [3.05, 3.63) is 125 Å². The van der Waals surface area contributed by atoms with Crippen molar-refractivity contribution in [1.29, 1.82) is 0 Å². The molecule has 3 aromatic carbocycles. The number of para-hydroxylation sites is 1. The van der Waals surface area contributed by atoms with E-state index >= 15 is 0 Å². The monoisotopic (exact) mass is 1810 g/mol. The Bertz CT molecular complexity index is 5050. The van der Waals surface area contributed by atoms with Gasteiger partial charge < -0.3 is 93.9 Å². The number of ketones is 2. The first kappa shape index (κ1) is 95.9. The van der Waals surface area contributed by atoms with Gasteiger partial charge in [0.15, 0.2) is 10.8 Å². The molecule has 688 valence electrons. The number of aliphatic hydroxyl groups is 4. The standard InChI is InChI=1S/C87H111N11O27S2/c1-54-62(60-15-17-69(93-74(60)80(111)112)96-26-21-56-9-7-11-61(63(56)42-96)79(110)94-82-92-64-12-5-6-13-68(64)126-82)41-90-98(54)53-86-48-84(2)47-85(3,49-86)51-87(50-84,52-86)123-32-28-95(4)83(113)122-44-55-14-16-66(124-81-77(108)76(107)75(106)67(43-99)125-81)65(39-55)91-70(102)20-24-88-71(103)45-121-31-25-89-78(109)57(46-127(114,115)116)40-59(101)23-30-118-34-36-120-38-37-119-35-33-117-29-8-10-58(100)22-27-97-72(104)18-19-73(97)105/h5-7,9,11-19,39,41,57,67,75-77,81,99,106-108H,8,10,20-38,40,42-53H2,1-4H3,(H,88,103)(H,89,109)(H,91,102)(H,111,112)(H,92,94,110)(H,114,115,116)/t57-,67-,75+,76+,77-,81-,84?,85?,86?,87?/m1/s1. The average molecular weight is 1810 g/mol. The molecule has 10 N–H and O–H groups in total. The van der Waals surface area contributed by atoms with Crippen LogP contribution < -0.4 is 30.9 Å². The largest absolute Gasteiger partial charge is 0.476 e. The van der Waals surface area contributed by atoms with Crippen molar-refractivity contribution in [3.63, 3.8) is 0 Å². The lowest BCUT2D eigenvalue weighted by molar-refractivity contribution is -0.277. The van der Waals surface area contributed by atoms with Gasteiger partial charge in [-0.05, 0) is 134 Å². The number of ether oxygens (including phenoxy) is 9. The lowest BCUT2D eigenvalue weighted by Gasteiger charge is -2.69.